The summed E-state index contributed by atoms with van der Waals surface area (Å²) in [5.41, 5.74) is 0. The standard InChI is InChI=1S/C9H20Te/c1-5-6-7-8-9(2,3)10-4/h5-8H2,1-4H3. The summed E-state index contributed by atoms with van der Waals surface area (Å²) in [7, 11) is 0. The first-order valence-electron chi connectivity index (χ1n) is 4.17. The molecule has 0 spiro atoms. The average Bonchev–Trinajstić information content (AvgIpc) is 1.89. The van der Waals surface area contributed by atoms with Crippen LogP contribution >= 0.6 is 0 Å². The van der Waals surface area contributed by atoms with E-state index in [9.17, 15) is 0 Å². The van der Waals surface area contributed by atoms with Gasteiger partial charge in [0.2, 0.25) is 0 Å². The van der Waals surface area contributed by atoms with Crippen molar-refractivity contribution in [2.24, 2.45) is 0 Å². The van der Waals surface area contributed by atoms with E-state index in [2.05, 4.69) is 25.7 Å². The van der Waals surface area contributed by atoms with Crippen LogP contribution in [-0.4, -0.2) is 20.9 Å². The maximum absolute atomic E-state index is 2.42. The molecule has 0 aliphatic heterocycles. The Labute approximate surface area is 75.9 Å². The van der Waals surface area contributed by atoms with Gasteiger partial charge in [0.15, 0.2) is 0 Å². The predicted molar refractivity (Wildman–Crippen MR) is 49.8 cm³/mol. The average molecular weight is 256 g/mol. The minimum atomic E-state index is 0.284. The molecule has 0 radical (unpaired) electrons. The van der Waals surface area contributed by atoms with Crippen molar-refractivity contribution in [2.75, 3.05) is 0 Å². The zero-order valence-electron chi connectivity index (χ0n) is 7.74. The van der Waals surface area contributed by atoms with Gasteiger partial charge in [-0.3, -0.25) is 0 Å². The Bertz CT molecular complexity index is 76.8. The second kappa shape index (κ2) is 5.44. The van der Waals surface area contributed by atoms with Crippen LogP contribution in [-0.2, 0) is 0 Å². The molecule has 0 saturated heterocycles. The van der Waals surface area contributed by atoms with Crippen molar-refractivity contribution in [3.05, 3.63) is 0 Å². The molecule has 0 atom stereocenters. The molecule has 0 aromatic rings. The third-order valence-electron chi connectivity index (χ3n) is 1.93. The summed E-state index contributed by atoms with van der Waals surface area (Å²) in [5.74, 6) is 0. The molecular weight excluding hydrogens is 236 g/mol. The van der Waals surface area contributed by atoms with Crippen molar-refractivity contribution < 1.29 is 0 Å². The van der Waals surface area contributed by atoms with Gasteiger partial charge in [-0.2, -0.15) is 0 Å². The monoisotopic (exact) mass is 258 g/mol. The van der Waals surface area contributed by atoms with Gasteiger partial charge in [-0.05, 0) is 0 Å². The Balaban J connectivity index is 3.28. The quantitative estimate of drug-likeness (QED) is 0.521. The van der Waals surface area contributed by atoms with E-state index < -0.39 is 0 Å². The van der Waals surface area contributed by atoms with Crippen LogP contribution in [0, 0.1) is 0 Å². The fourth-order valence-corrected chi connectivity index (χ4v) is 1.90. The van der Waals surface area contributed by atoms with Crippen molar-refractivity contribution in [1.29, 1.82) is 0 Å². The molecule has 0 nitrogen and oxygen atoms in total. The van der Waals surface area contributed by atoms with Crippen LogP contribution in [0.3, 0.4) is 0 Å². The van der Waals surface area contributed by atoms with Crippen LogP contribution in [0.2, 0.25) is 8.43 Å². The molecule has 0 saturated carbocycles. The summed E-state index contributed by atoms with van der Waals surface area (Å²) >= 11 is 0.284. The molecule has 0 aliphatic rings. The van der Waals surface area contributed by atoms with Gasteiger partial charge in [0.1, 0.15) is 0 Å². The van der Waals surface area contributed by atoms with Gasteiger partial charge in [0.05, 0.1) is 0 Å². The summed E-state index contributed by atoms with van der Waals surface area (Å²) in [6, 6.07) is 0. The molecule has 0 aliphatic carbocycles. The molecule has 0 fully saturated rings. The number of hydrogen-bond donors (Lipinski definition) is 0. The zero-order chi connectivity index (χ0) is 8.04. The normalized spacial score (nSPS) is 12.0. The van der Waals surface area contributed by atoms with Crippen LogP contribution in [0.15, 0.2) is 0 Å². The van der Waals surface area contributed by atoms with Crippen molar-refractivity contribution in [3.63, 3.8) is 0 Å². The van der Waals surface area contributed by atoms with E-state index in [1.165, 1.54) is 25.7 Å². The van der Waals surface area contributed by atoms with Crippen molar-refractivity contribution >= 4 is 20.9 Å². The Kier molecular flexibility index (Phi) is 5.87. The van der Waals surface area contributed by atoms with E-state index in [4.69, 9.17) is 0 Å². The third kappa shape index (κ3) is 5.57. The Hall–Kier alpha value is 0.790. The second-order valence-corrected chi connectivity index (χ2v) is 7.74. The van der Waals surface area contributed by atoms with Crippen LogP contribution < -0.4 is 0 Å². The van der Waals surface area contributed by atoms with E-state index in [0.717, 1.165) is 3.46 Å². The minimum absolute atomic E-state index is 0.284. The molecule has 0 bridgehead atoms. The molecule has 0 rings (SSSR count). The predicted octanol–water partition coefficient (Wildman–Crippen LogP) is 3.52. The van der Waals surface area contributed by atoms with Crippen LogP contribution in [0.5, 0.6) is 0 Å². The number of hydrogen-bond acceptors (Lipinski definition) is 0. The molecule has 1 heteroatoms. The molecule has 0 aromatic carbocycles. The van der Waals surface area contributed by atoms with Gasteiger partial charge < -0.3 is 0 Å². The van der Waals surface area contributed by atoms with E-state index in [1.807, 2.05) is 0 Å². The SMILES string of the molecule is CCCCCC(C)(C)[Te]C. The van der Waals surface area contributed by atoms with Gasteiger partial charge >= 0.3 is 75.8 Å². The molecule has 10 heavy (non-hydrogen) atoms. The number of rotatable bonds is 5. The summed E-state index contributed by atoms with van der Waals surface area (Å²) in [6.07, 6.45) is 5.69. The van der Waals surface area contributed by atoms with Crippen LogP contribution in [0.4, 0.5) is 0 Å². The van der Waals surface area contributed by atoms with Crippen molar-refractivity contribution in [3.8, 4) is 0 Å². The van der Waals surface area contributed by atoms with E-state index in [-0.39, 0.29) is 20.9 Å². The van der Waals surface area contributed by atoms with Crippen molar-refractivity contribution in [2.45, 2.75) is 54.9 Å². The molecular formula is C9H20Te. The molecule has 0 N–H and O–H groups in total. The van der Waals surface area contributed by atoms with Gasteiger partial charge in [0.25, 0.3) is 0 Å². The maximum atomic E-state index is 2.42. The van der Waals surface area contributed by atoms with Crippen molar-refractivity contribution in [1.82, 2.24) is 0 Å². The molecule has 0 amide bonds. The topological polar surface area (TPSA) is 0 Å². The summed E-state index contributed by atoms with van der Waals surface area (Å²) < 4.78 is 0.722. The van der Waals surface area contributed by atoms with Gasteiger partial charge in [-0.25, -0.2) is 0 Å². The Morgan fingerprint density at radius 2 is 1.80 bits per heavy atom. The van der Waals surface area contributed by atoms with Gasteiger partial charge in [0, 0.05) is 0 Å². The Morgan fingerprint density at radius 1 is 1.20 bits per heavy atom. The summed E-state index contributed by atoms with van der Waals surface area (Å²) in [6.45, 7) is 7.12. The fourth-order valence-electron chi connectivity index (χ4n) is 0.903. The summed E-state index contributed by atoms with van der Waals surface area (Å²) in [4.78, 5) is 2.41. The molecule has 62 valence electrons. The fraction of sp³-hybridized carbons (Fsp3) is 1.00. The first-order chi connectivity index (χ1) is 4.62. The Morgan fingerprint density at radius 3 is 2.20 bits per heavy atom. The summed E-state index contributed by atoms with van der Waals surface area (Å²) in [5, 5.41) is 0. The zero-order valence-corrected chi connectivity index (χ0v) is 10.1. The third-order valence-corrected chi connectivity index (χ3v) is 5.67. The molecule has 0 heterocycles. The van der Waals surface area contributed by atoms with Gasteiger partial charge in [-0.1, -0.05) is 0 Å². The van der Waals surface area contributed by atoms with E-state index in [1.54, 1.807) is 0 Å². The first-order valence-corrected chi connectivity index (χ1v) is 7.67. The second-order valence-electron chi connectivity index (χ2n) is 3.42. The first kappa shape index (κ1) is 10.8. The van der Waals surface area contributed by atoms with E-state index in [0.29, 0.717) is 0 Å². The van der Waals surface area contributed by atoms with Gasteiger partial charge in [-0.15, -0.1) is 0 Å². The molecule has 0 unspecified atom stereocenters. The molecule has 0 aromatic heterocycles. The van der Waals surface area contributed by atoms with Crippen LogP contribution in [0.1, 0.15) is 46.5 Å². The number of unbranched alkanes of at least 4 members (excludes halogenated alkanes) is 2. The van der Waals surface area contributed by atoms with E-state index >= 15 is 0 Å². The van der Waals surface area contributed by atoms with Crippen LogP contribution in [0.25, 0.3) is 0 Å².